The number of pyridine rings is 1. The number of amidine groups is 1. The first kappa shape index (κ1) is 12.1. The first-order valence-electron chi connectivity index (χ1n) is 5.50. The van der Waals surface area contributed by atoms with Crippen LogP contribution in [0.4, 0.5) is 0 Å². The number of oxime groups is 1. The fraction of sp³-hybridized carbons (Fsp3) is 0.250. The highest BCUT2D eigenvalue weighted by molar-refractivity contribution is 6.01. The minimum atomic E-state index is 0.0307. The van der Waals surface area contributed by atoms with Crippen molar-refractivity contribution in [3.05, 3.63) is 41.0 Å². The molecule has 2 heterocycles. The SMILES string of the molecule is Cc1cnn(-c2cc(C)nc(C)c2/C(N)=N/O)c1. The van der Waals surface area contributed by atoms with Gasteiger partial charge < -0.3 is 10.9 Å². The molecule has 6 heteroatoms. The van der Waals surface area contributed by atoms with Gasteiger partial charge in [0.1, 0.15) is 0 Å². The van der Waals surface area contributed by atoms with Crippen molar-refractivity contribution in [1.82, 2.24) is 14.8 Å². The summed E-state index contributed by atoms with van der Waals surface area (Å²) >= 11 is 0. The monoisotopic (exact) mass is 245 g/mol. The Bertz CT molecular complexity index is 615. The van der Waals surface area contributed by atoms with Crippen molar-refractivity contribution < 1.29 is 5.21 Å². The summed E-state index contributed by atoms with van der Waals surface area (Å²) in [6, 6.07) is 1.85. The second-order valence-corrected chi connectivity index (χ2v) is 4.19. The minimum Gasteiger partial charge on any atom is -0.409 e. The summed E-state index contributed by atoms with van der Waals surface area (Å²) in [5, 5.41) is 16.2. The highest BCUT2D eigenvalue weighted by atomic mass is 16.4. The molecule has 0 saturated carbocycles. The number of rotatable bonds is 2. The van der Waals surface area contributed by atoms with E-state index in [1.165, 1.54) is 0 Å². The predicted octanol–water partition coefficient (Wildman–Crippen LogP) is 1.29. The van der Waals surface area contributed by atoms with Crippen LogP contribution >= 0.6 is 0 Å². The van der Waals surface area contributed by atoms with Gasteiger partial charge in [-0.1, -0.05) is 5.16 Å². The number of aryl methyl sites for hydroxylation is 3. The Morgan fingerprint density at radius 1 is 1.39 bits per heavy atom. The summed E-state index contributed by atoms with van der Waals surface area (Å²) in [6.45, 7) is 5.66. The Kier molecular flexibility index (Phi) is 3.01. The molecule has 2 rings (SSSR count). The lowest BCUT2D eigenvalue weighted by molar-refractivity contribution is 0.318. The van der Waals surface area contributed by atoms with Gasteiger partial charge in [0, 0.05) is 11.9 Å². The van der Waals surface area contributed by atoms with E-state index >= 15 is 0 Å². The van der Waals surface area contributed by atoms with E-state index in [1.54, 1.807) is 10.9 Å². The third-order valence-corrected chi connectivity index (χ3v) is 2.63. The van der Waals surface area contributed by atoms with Crippen LogP contribution < -0.4 is 5.73 Å². The summed E-state index contributed by atoms with van der Waals surface area (Å²) < 4.78 is 1.70. The van der Waals surface area contributed by atoms with E-state index in [4.69, 9.17) is 10.9 Å². The van der Waals surface area contributed by atoms with E-state index in [-0.39, 0.29) is 5.84 Å². The van der Waals surface area contributed by atoms with Crippen LogP contribution in [0.1, 0.15) is 22.5 Å². The number of hydrogen-bond acceptors (Lipinski definition) is 4. The van der Waals surface area contributed by atoms with Crippen molar-refractivity contribution in [2.24, 2.45) is 10.9 Å². The third-order valence-electron chi connectivity index (χ3n) is 2.63. The largest absolute Gasteiger partial charge is 0.409 e. The summed E-state index contributed by atoms with van der Waals surface area (Å²) in [4.78, 5) is 4.32. The van der Waals surface area contributed by atoms with Crippen LogP contribution in [0.3, 0.4) is 0 Å². The molecule has 0 aliphatic rings. The number of aromatic nitrogens is 3. The highest BCUT2D eigenvalue weighted by Gasteiger charge is 2.14. The number of nitrogens with zero attached hydrogens (tertiary/aromatic N) is 4. The number of nitrogens with two attached hydrogens (primary N) is 1. The Labute approximate surface area is 105 Å². The van der Waals surface area contributed by atoms with Crippen molar-refractivity contribution in [2.75, 3.05) is 0 Å². The maximum absolute atomic E-state index is 8.86. The maximum Gasteiger partial charge on any atom is 0.174 e. The lowest BCUT2D eigenvalue weighted by Gasteiger charge is -2.12. The minimum absolute atomic E-state index is 0.0307. The van der Waals surface area contributed by atoms with E-state index in [0.717, 1.165) is 16.9 Å². The molecular formula is C12H15N5O. The molecule has 6 nitrogen and oxygen atoms in total. The van der Waals surface area contributed by atoms with Gasteiger partial charge in [0.25, 0.3) is 0 Å². The molecule has 3 N–H and O–H groups in total. The molecule has 94 valence electrons. The van der Waals surface area contributed by atoms with Gasteiger partial charge in [-0.3, -0.25) is 4.98 Å². The van der Waals surface area contributed by atoms with Gasteiger partial charge >= 0.3 is 0 Å². The molecule has 0 amide bonds. The second kappa shape index (κ2) is 4.48. The number of hydrogen-bond donors (Lipinski definition) is 2. The smallest absolute Gasteiger partial charge is 0.174 e. The summed E-state index contributed by atoms with van der Waals surface area (Å²) in [6.07, 6.45) is 3.63. The van der Waals surface area contributed by atoms with Crippen LogP contribution in [0.5, 0.6) is 0 Å². The van der Waals surface area contributed by atoms with Crippen molar-refractivity contribution in [3.63, 3.8) is 0 Å². The van der Waals surface area contributed by atoms with Gasteiger partial charge in [-0.2, -0.15) is 5.10 Å². The molecule has 0 aliphatic heterocycles. The van der Waals surface area contributed by atoms with E-state index in [1.807, 2.05) is 33.0 Å². The van der Waals surface area contributed by atoms with Crippen LogP contribution in [0.2, 0.25) is 0 Å². The first-order chi connectivity index (χ1) is 8.52. The summed E-state index contributed by atoms with van der Waals surface area (Å²) in [5.74, 6) is 0.0307. The lowest BCUT2D eigenvalue weighted by atomic mass is 10.1. The molecule has 0 aromatic carbocycles. The Morgan fingerprint density at radius 3 is 2.67 bits per heavy atom. The van der Waals surface area contributed by atoms with Crippen LogP contribution in [-0.4, -0.2) is 25.8 Å². The van der Waals surface area contributed by atoms with Crippen molar-refractivity contribution in [1.29, 1.82) is 0 Å². The van der Waals surface area contributed by atoms with Gasteiger partial charge in [0.15, 0.2) is 5.84 Å². The van der Waals surface area contributed by atoms with Crippen molar-refractivity contribution in [2.45, 2.75) is 20.8 Å². The average molecular weight is 245 g/mol. The zero-order chi connectivity index (χ0) is 13.3. The van der Waals surface area contributed by atoms with Gasteiger partial charge in [-0.05, 0) is 32.4 Å². The van der Waals surface area contributed by atoms with Crippen LogP contribution in [0.15, 0.2) is 23.6 Å². The van der Waals surface area contributed by atoms with Crippen LogP contribution in [0.25, 0.3) is 5.69 Å². The maximum atomic E-state index is 8.86. The Balaban J connectivity index is 2.72. The molecule has 0 radical (unpaired) electrons. The van der Waals surface area contributed by atoms with Crippen LogP contribution in [-0.2, 0) is 0 Å². The van der Waals surface area contributed by atoms with E-state index in [9.17, 15) is 0 Å². The topological polar surface area (TPSA) is 89.3 Å². The molecule has 0 saturated heterocycles. The average Bonchev–Trinajstić information content (AvgIpc) is 2.74. The zero-order valence-electron chi connectivity index (χ0n) is 10.5. The predicted molar refractivity (Wildman–Crippen MR) is 68.1 cm³/mol. The molecule has 0 spiro atoms. The molecule has 2 aromatic heterocycles. The van der Waals surface area contributed by atoms with E-state index in [2.05, 4.69) is 15.2 Å². The fourth-order valence-electron chi connectivity index (χ4n) is 1.90. The molecule has 0 bridgehead atoms. The first-order valence-corrected chi connectivity index (χ1v) is 5.50. The van der Waals surface area contributed by atoms with Gasteiger partial charge in [-0.15, -0.1) is 0 Å². The summed E-state index contributed by atoms with van der Waals surface area (Å²) in [7, 11) is 0. The quantitative estimate of drug-likeness (QED) is 0.361. The molecule has 2 aromatic rings. The molecule has 0 unspecified atom stereocenters. The summed E-state index contributed by atoms with van der Waals surface area (Å²) in [5.41, 5.74) is 9.64. The van der Waals surface area contributed by atoms with Gasteiger partial charge in [0.05, 0.1) is 23.1 Å². The van der Waals surface area contributed by atoms with E-state index in [0.29, 0.717) is 11.3 Å². The Hall–Kier alpha value is -2.37. The highest BCUT2D eigenvalue weighted by Crippen LogP contribution is 2.18. The molecule has 0 aliphatic carbocycles. The lowest BCUT2D eigenvalue weighted by Crippen LogP contribution is -2.19. The van der Waals surface area contributed by atoms with Crippen molar-refractivity contribution >= 4 is 5.84 Å². The Morgan fingerprint density at radius 2 is 2.11 bits per heavy atom. The van der Waals surface area contributed by atoms with Crippen LogP contribution in [0, 0.1) is 20.8 Å². The second-order valence-electron chi connectivity index (χ2n) is 4.19. The molecule has 0 fully saturated rings. The molecule has 18 heavy (non-hydrogen) atoms. The zero-order valence-corrected chi connectivity index (χ0v) is 10.5. The molecular weight excluding hydrogens is 230 g/mol. The standard InChI is InChI=1S/C12H15N5O/c1-7-5-14-17(6-7)10-4-8(2)15-9(3)11(10)12(13)16-18/h4-6,18H,1-3H3,(H2,13,16). The van der Waals surface area contributed by atoms with Gasteiger partial charge in [0.2, 0.25) is 0 Å². The normalized spacial score (nSPS) is 11.8. The fourth-order valence-corrected chi connectivity index (χ4v) is 1.90. The van der Waals surface area contributed by atoms with Gasteiger partial charge in [-0.25, -0.2) is 4.68 Å². The van der Waals surface area contributed by atoms with Crippen molar-refractivity contribution in [3.8, 4) is 5.69 Å². The van der Waals surface area contributed by atoms with E-state index < -0.39 is 0 Å². The third kappa shape index (κ3) is 2.04. The molecule has 0 atom stereocenters.